The van der Waals surface area contributed by atoms with Crippen LogP contribution in [0.4, 0.5) is 0 Å². The molecule has 1 unspecified atom stereocenters. The second-order valence-corrected chi connectivity index (χ2v) is 4.85. The molecule has 0 aromatic heterocycles. The van der Waals surface area contributed by atoms with Crippen molar-refractivity contribution in [2.24, 2.45) is 5.73 Å². The Kier molecular flexibility index (Phi) is 4.80. The molecule has 0 amide bonds. The van der Waals surface area contributed by atoms with Crippen LogP contribution in [0.15, 0.2) is 18.2 Å². The summed E-state index contributed by atoms with van der Waals surface area (Å²) in [6, 6.07) is 6.21. The topological polar surface area (TPSA) is 61.5 Å². The monoisotopic (exact) mass is 263 g/mol. The van der Waals surface area contributed by atoms with E-state index in [2.05, 4.69) is 6.07 Å². The number of nitrogens with two attached hydrogens (primary N) is 1. The first-order valence-corrected chi connectivity index (χ1v) is 6.85. The van der Waals surface area contributed by atoms with Gasteiger partial charge < -0.3 is 15.2 Å². The van der Waals surface area contributed by atoms with E-state index in [-0.39, 0.29) is 12.0 Å². The second-order valence-electron chi connectivity index (χ2n) is 4.85. The molecule has 0 radical (unpaired) electrons. The molecule has 0 saturated carbocycles. The van der Waals surface area contributed by atoms with Crippen LogP contribution in [0.3, 0.4) is 0 Å². The van der Waals surface area contributed by atoms with Gasteiger partial charge in [0.25, 0.3) is 0 Å². The van der Waals surface area contributed by atoms with Gasteiger partial charge >= 0.3 is 5.97 Å². The van der Waals surface area contributed by atoms with Crippen molar-refractivity contribution in [1.82, 2.24) is 0 Å². The average Bonchev–Trinajstić information content (AvgIpc) is 2.84. The van der Waals surface area contributed by atoms with Gasteiger partial charge in [-0.05, 0) is 37.0 Å². The predicted octanol–water partition coefficient (Wildman–Crippen LogP) is 1.83. The fraction of sp³-hybridized carbons (Fsp3) is 0.533. The van der Waals surface area contributed by atoms with Crippen molar-refractivity contribution in [3.05, 3.63) is 29.3 Å². The Morgan fingerprint density at radius 2 is 2.37 bits per heavy atom. The van der Waals surface area contributed by atoms with Crippen LogP contribution in [-0.4, -0.2) is 25.2 Å². The van der Waals surface area contributed by atoms with Gasteiger partial charge in [-0.2, -0.15) is 0 Å². The number of rotatable bonds is 6. The summed E-state index contributed by atoms with van der Waals surface area (Å²) in [6.45, 7) is 3.01. The molecule has 1 heterocycles. The van der Waals surface area contributed by atoms with Crippen LogP contribution in [0.5, 0.6) is 5.75 Å². The van der Waals surface area contributed by atoms with E-state index in [4.69, 9.17) is 15.2 Å². The zero-order valence-corrected chi connectivity index (χ0v) is 11.4. The molecule has 104 valence electrons. The first-order valence-electron chi connectivity index (χ1n) is 6.85. The van der Waals surface area contributed by atoms with Crippen LogP contribution in [-0.2, 0) is 22.4 Å². The number of carbonyl (C=O) groups excluding carboxylic acids is 1. The molecule has 1 aliphatic rings. The second kappa shape index (κ2) is 6.57. The quantitative estimate of drug-likeness (QED) is 0.795. The van der Waals surface area contributed by atoms with Gasteiger partial charge in [0, 0.05) is 18.9 Å². The highest BCUT2D eigenvalue weighted by atomic mass is 16.5. The molecule has 4 nitrogen and oxygen atoms in total. The fourth-order valence-electron chi connectivity index (χ4n) is 2.31. The number of fused-ring (bicyclic) bond motifs is 1. The van der Waals surface area contributed by atoms with Crippen LogP contribution in [0.1, 0.15) is 30.9 Å². The van der Waals surface area contributed by atoms with Crippen molar-refractivity contribution in [2.75, 3.05) is 13.2 Å². The molecular weight excluding hydrogens is 242 g/mol. The lowest BCUT2D eigenvalue weighted by atomic mass is 10.00. The maximum absolute atomic E-state index is 11.3. The minimum absolute atomic E-state index is 0.00947. The molecule has 2 N–H and O–H groups in total. The number of hydrogen-bond acceptors (Lipinski definition) is 4. The summed E-state index contributed by atoms with van der Waals surface area (Å²) < 4.78 is 10.4. The summed E-state index contributed by atoms with van der Waals surface area (Å²) in [4.78, 5) is 11.3. The lowest BCUT2D eigenvalue weighted by molar-refractivity contribution is -0.143. The first kappa shape index (κ1) is 13.9. The molecule has 0 aliphatic carbocycles. The van der Waals surface area contributed by atoms with E-state index >= 15 is 0 Å². The summed E-state index contributed by atoms with van der Waals surface area (Å²) in [5, 5.41) is 0. The fourth-order valence-corrected chi connectivity index (χ4v) is 2.31. The van der Waals surface area contributed by atoms with Gasteiger partial charge in [-0.25, -0.2) is 0 Å². The molecule has 0 spiro atoms. The number of ether oxygens (including phenoxy) is 2. The van der Waals surface area contributed by atoms with Gasteiger partial charge in [-0.15, -0.1) is 0 Å². The number of carbonyl (C=O) groups is 1. The van der Waals surface area contributed by atoms with E-state index in [9.17, 15) is 4.79 Å². The predicted molar refractivity (Wildman–Crippen MR) is 73.2 cm³/mol. The van der Waals surface area contributed by atoms with Crippen molar-refractivity contribution in [3.63, 3.8) is 0 Å². The largest absolute Gasteiger partial charge is 0.493 e. The van der Waals surface area contributed by atoms with E-state index in [0.717, 1.165) is 25.2 Å². The van der Waals surface area contributed by atoms with Crippen LogP contribution in [0.25, 0.3) is 0 Å². The van der Waals surface area contributed by atoms with Gasteiger partial charge in [0.15, 0.2) is 0 Å². The van der Waals surface area contributed by atoms with E-state index < -0.39 is 0 Å². The average molecular weight is 263 g/mol. The maximum atomic E-state index is 11.3. The molecule has 0 saturated heterocycles. The molecule has 1 aromatic carbocycles. The van der Waals surface area contributed by atoms with Gasteiger partial charge in [0.05, 0.1) is 13.2 Å². The zero-order valence-electron chi connectivity index (χ0n) is 11.4. The zero-order chi connectivity index (χ0) is 13.7. The van der Waals surface area contributed by atoms with Crippen LogP contribution in [0.2, 0.25) is 0 Å². The molecule has 2 rings (SSSR count). The van der Waals surface area contributed by atoms with Crippen molar-refractivity contribution in [2.45, 2.75) is 38.6 Å². The van der Waals surface area contributed by atoms with Crippen molar-refractivity contribution >= 4 is 5.97 Å². The van der Waals surface area contributed by atoms with E-state index in [1.54, 1.807) is 0 Å². The van der Waals surface area contributed by atoms with Crippen LogP contribution in [0, 0.1) is 0 Å². The van der Waals surface area contributed by atoms with Crippen LogP contribution < -0.4 is 10.5 Å². The Morgan fingerprint density at radius 3 is 3.16 bits per heavy atom. The summed E-state index contributed by atoms with van der Waals surface area (Å²) in [5.74, 6) is 0.823. The standard InChI is InChI=1S/C15H21NO3/c1-2-18-15(17)6-4-13(16)10-11-3-5-14-12(9-11)7-8-19-14/h3,5,9,13H,2,4,6-8,10,16H2,1H3. The van der Waals surface area contributed by atoms with E-state index in [1.807, 2.05) is 19.1 Å². The molecular formula is C15H21NO3. The van der Waals surface area contributed by atoms with Crippen molar-refractivity contribution in [3.8, 4) is 5.75 Å². The highest BCUT2D eigenvalue weighted by molar-refractivity contribution is 5.69. The summed E-state index contributed by atoms with van der Waals surface area (Å²) in [7, 11) is 0. The molecule has 0 bridgehead atoms. The molecule has 19 heavy (non-hydrogen) atoms. The van der Waals surface area contributed by atoms with Gasteiger partial charge in [-0.1, -0.05) is 12.1 Å². The van der Waals surface area contributed by atoms with Gasteiger partial charge in [0.1, 0.15) is 5.75 Å². The molecule has 1 atom stereocenters. The Labute approximate surface area is 113 Å². The highest BCUT2D eigenvalue weighted by Crippen LogP contribution is 2.26. The summed E-state index contributed by atoms with van der Waals surface area (Å²) in [6.07, 6.45) is 2.81. The summed E-state index contributed by atoms with van der Waals surface area (Å²) in [5.41, 5.74) is 8.52. The molecule has 1 aliphatic heterocycles. The van der Waals surface area contributed by atoms with Gasteiger partial charge in [-0.3, -0.25) is 4.79 Å². The lowest BCUT2D eigenvalue weighted by Gasteiger charge is -2.12. The summed E-state index contributed by atoms with van der Waals surface area (Å²) >= 11 is 0. The van der Waals surface area contributed by atoms with Crippen LogP contribution >= 0.6 is 0 Å². The normalized spacial score (nSPS) is 14.6. The number of esters is 1. The maximum Gasteiger partial charge on any atom is 0.305 e. The van der Waals surface area contributed by atoms with Crippen molar-refractivity contribution < 1.29 is 14.3 Å². The Balaban J connectivity index is 1.82. The Hall–Kier alpha value is -1.55. The number of benzene rings is 1. The third-order valence-corrected chi connectivity index (χ3v) is 3.28. The lowest BCUT2D eigenvalue weighted by Crippen LogP contribution is -2.24. The Bertz CT molecular complexity index is 445. The smallest absolute Gasteiger partial charge is 0.305 e. The van der Waals surface area contributed by atoms with Crippen molar-refractivity contribution in [1.29, 1.82) is 0 Å². The van der Waals surface area contributed by atoms with E-state index in [1.165, 1.54) is 11.1 Å². The third-order valence-electron chi connectivity index (χ3n) is 3.28. The third kappa shape index (κ3) is 3.96. The molecule has 1 aromatic rings. The highest BCUT2D eigenvalue weighted by Gasteiger charge is 2.14. The van der Waals surface area contributed by atoms with Gasteiger partial charge in [0.2, 0.25) is 0 Å². The minimum atomic E-state index is -0.166. The molecule has 0 fully saturated rings. The minimum Gasteiger partial charge on any atom is -0.493 e. The Morgan fingerprint density at radius 1 is 1.53 bits per heavy atom. The molecule has 4 heteroatoms. The number of hydrogen-bond donors (Lipinski definition) is 1. The first-order chi connectivity index (χ1) is 9.19. The van der Waals surface area contributed by atoms with E-state index in [0.29, 0.717) is 19.4 Å². The SMILES string of the molecule is CCOC(=O)CCC(N)Cc1ccc2c(c1)CCO2.